The van der Waals surface area contributed by atoms with Gasteiger partial charge in [-0.3, -0.25) is 9.69 Å². The lowest BCUT2D eigenvalue weighted by Gasteiger charge is -2.25. The van der Waals surface area contributed by atoms with Crippen LogP contribution in [-0.2, 0) is 4.79 Å². The Morgan fingerprint density at radius 2 is 2.04 bits per heavy atom. The fraction of sp³-hybridized carbons (Fsp3) is 0.500. The van der Waals surface area contributed by atoms with Gasteiger partial charge in [0.2, 0.25) is 17.7 Å². The number of nitrogens with one attached hydrogen (secondary N) is 1. The molecule has 2 aromatic rings. The standard InChI is InChI=1S/C18H26N4O2/c1-12-8-7-9-14(10-12)17-21-20-16(24-17)13(2)22(6)11-15(23)19-18(3,4)5/h7-10,13H,11H2,1-6H3,(H,19,23)/t13-/m1/s1. The SMILES string of the molecule is Cc1cccc(-c2nnc([C@@H](C)N(C)CC(=O)NC(C)(C)C)o2)c1. The van der Waals surface area contributed by atoms with Crippen LogP contribution in [0.3, 0.4) is 0 Å². The van der Waals surface area contributed by atoms with Crippen LogP contribution in [0, 0.1) is 6.92 Å². The van der Waals surface area contributed by atoms with E-state index in [-0.39, 0.29) is 24.0 Å². The number of amides is 1. The average Bonchev–Trinajstić information content (AvgIpc) is 2.94. The second-order valence-corrected chi connectivity index (χ2v) is 7.20. The molecule has 1 aromatic heterocycles. The number of likely N-dealkylation sites (N-methyl/N-ethyl adjacent to an activating group) is 1. The van der Waals surface area contributed by atoms with Crippen molar-refractivity contribution in [1.29, 1.82) is 0 Å². The number of hydrogen-bond acceptors (Lipinski definition) is 5. The highest BCUT2D eigenvalue weighted by Gasteiger charge is 2.22. The molecule has 1 aromatic carbocycles. The highest BCUT2D eigenvalue weighted by molar-refractivity contribution is 5.78. The number of carbonyl (C=O) groups excluding carboxylic acids is 1. The molecule has 0 fully saturated rings. The Bertz CT molecular complexity index is 703. The Morgan fingerprint density at radius 3 is 2.67 bits per heavy atom. The molecule has 0 radical (unpaired) electrons. The normalized spacial score (nSPS) is 13.1. The minimum absolute atomic E-state index is 0.0322. The van der Waals surface area contributed by atoms with E-state index in [1.54, 1.807) is 0 Å². The Balaban J connectivity index is 2.05. The number of carbonyl (C=O) groups is 1. The zero-order chi connectivity index (χ0) is 17.9. The lowest BCUT2D eigenvalue weighted by atomic mass is 10.1. The summed E-state index contributed by atoms with van der Waals surface area (Å²) < 4.78 is 5.79. The summed E-state index contributed by atoms with van der Waals surface area (Å²) in [6.45, 7) is 10.1. The zero-order valence-electron chi connectivity index (χ0n) is 15.3. The quantitative estimate of drug-likeness (QED) is 0.912. The van der Waals surface area contributed by atoms with Crippen LogP contribution in [0.5, 0.6) is 0 Å². The van der Waals surface area contributed by atoms with Crippen LogP contribution in [0.25, 0.3) is 11.5 Å². The lowest BCUT2D eigenvalue weighted by Crippen LogP contribution is -2.45. The van der Waals surface area contributed by atoms with E-state index in [2.05, 4.69) is 15.5 Å². The largest absolute Gasteiger partial charge is 0.419 e. The molecule has 0 bridgehead atoms. The summed E-state index contributed by atoms with van der Waals surface area (Å²) in [6.07, 6.45) is 0. The van der Waals surface area contributed by atoms with E-state index in [9.17, 15) is 4.79 Å². The van der Waals surface area contributed by atoms with Gasteiger partial charge < -0.3 is 9.73 Å². The van der Waals surface area contributed by atoms with Gasteiger partial charge in [0.15, 0.2) is 0 Å². The van der Waals surface area contributed by atoms with Gasteiger partial charge in [-0.2, -0.15) is 0 Å². The van der Waals surface area contributed by atoms with E-state index in [1.165, 1.54) is 0 Å². The van der Waals surface area contributed by atoms with Crippen molar-refractivity contribution in [2.24, 2.45) is 0 Å². The first-order valence-electron chi connectivity index (χ1n) is 8.07. The molecule has 0 saturated carbocycles. The predicted molar refractivity (Wildman–Crippen MR) is 93.4 cm³/mol. The van der Waals surface area contributed by atoms with Gasteiger partial charge in [-0.1, -0.05) is 17.7 Å². The van der Waals surface area contributed by atoms with Crippen molar-refractivity contribution in [2.45, 2.75) is 46.2 Å². The van der Waals surface area contributed by atoms with Gasteiger partial charge in [0, 0.05) is 11.1 Å². The van der Waals surface area contributed by atoms with E-state index in [1.807, 2.05) is 70.8 Å². The van der Waals surface area contributed by atoms with E-state index in [0.717, 1.165) is 11.1 Å². The van der Waals surface area contributed by atoms with Crippen molar-refractivity contribution in [1.82, 2.24) is 20.4 Å². The first-order valence-corrected chi connectivity index (χ1v) is 8.07. The molecule has 1 heterocycles. The molecule has 0 unspecified atom stereocenters. The third kappa shape index (κ3) is 4.89. The molecule has 6 nitrogen and oxygen atoms in total. The number of aromatic nitrogens is 2. The number of rotatable bonds is 5. The first kappa shape index (κ1) is 18.1. The predicted octanol–water partition coefficient (Wildman–Crippen LogP) is 2.95. The molecule has 24 heavy (non-hydrogen) atoms. The second kappa shape index (κ2) is 7.13. The van der Waals surface area contributed by atoms with Gasteiger partial charge in [0.25, 0.3) is 0 Å². The van der Waals surface area contributed by atoms with Crippen molar-refractivity contribution in [3.63, 3.8) is 0 Å². The molecule has 0 aliphatic rings. The van der Waals surface area contributed by atoms with E-state index < -0.39 is 0 Å². The van der Waals surface area contributed by atoms with Crippen LogP contribution < -0.4 is 5.32 Å². The van der Waals surface area contributed by atoms with E-state index in [4.69, 9.17) is 4.42 Å². The minimum Gasteiger partial charge on any atom is -0.419 e. The maximum Gasteiger partial charge on any atom is 0.247 e. The molecule has 1 amide bonds. The third-order valence-electron chi connectivity index (χ3n) is 3.63. The molecular formula is C18H26N4O2. The summed E-state index contributed by atoms with van der Waals surface area (Å²) in [6, 6.07) is 7.77. The molecule has 130 valence electrons. The van der Waals surface area contributed by atoms with Crippen molar-refractivity contribution < 1.29 is 9.21 Å². The average molecular weight is 330 g/mol. The fourth-order valence-electron chi connectivity index (χ4n) is 2.31. The van der Waals surface area contributed by atoms with Gasteiger partial charge >= 0.3 is 0 Å². The van der Waals surface area contributed by atoms with Gasteiger partial charge in [0.1, 0.15) is 0 Å². The molecule has 6 heteroatoms. The molecule has 0 saturated heterocycles. The van der Waals surface area contributed by atoms with Gasteiger partial charge in [0.05, 0.1) is 12.6 Å². The second-order valence-electron chi connectivity index (χ2n) is 7.20. The Labute approximate surface area is 143 Å². The number of aryl methyl sites for hydroxylation is 1. The molecule has 0 spiro atoms. The molecule has 1 atom stereocenters. The van der Waals surface area contributed by atoms with Gasteiger partial charge in [-0.15, -0.1) is 10.2 Å². The minimum atomic E-state index is -0.246. The Kier molecular flexibility index (Phi) is 5.39. The van der Waals surface area contributed by atoms with Crippen molar-refractivity contribution in [3.05, 3.63) is 35.7 Å². The van der Waals surface area contributed by atoms with Crippen LogP contribution in [-0.4, -0.2) is 40.1 Å². The monoisotopic (exact) mass is 330 g/mol. The summed E-state index contributed by atoms with van der Waals surface area (Å²) in [4.78, 5) is 13.9. The van der Waals surface area contributed by atoms with Gasteiger partial charge in [-0.05, 0) is 53.8 Å². The highest BCUT2D eigenvalue weighted by Crippen LogP contribution is 2.23. The van der Waals surface area contributed by atoms with Crippen LogP contribution in [0.1, 0.15) is 45.2 Å². The van der Waals surface area contributed by atoms with Crippen LogP contribution in [0.15, 0.2) is 28.7 Å². The fourth-order valence-corrected chi connectivity index (χ4v) is 2.31. The lowest BCUT2D eigenvalue weighted by molar-refractivity contribution is -0.123. The van der Waals surface area contributed by atoms with Crippen molar-refractivity contribution in [2.75, 3.05) is 13.6 Å². The molecule has 2 rings (SSSR count). The van der Waals surface area contributed by atoms with Crippen LogP contribution >= 0.6 is 0 Å². The summed E-state index contributed by atoms with van der Waals surface area (Å²) in [5.41, 5.74) is 1.79. The number of hydrogen-bond donors (Lipinski definition) is 1. The summed E-state index contributed by atoms with van der Waals surface area (Å²) in [7, 11) is 1.86. The summed E-state index contributed by atoms with van der Waals surface area (Å²) in [5.74, 6) is 0.959. The van der Waals surface area contributed by atoms with E-state index >= 15 is 0 Å². The maximum absolute atomic E-state index is 12.0. The number of benzene rings is 1. The van der Waals surface area contributed by atoms with Crippen molar-refractivity contribution >= 4 is 5.91 Å². The first-order chi connectivity index (χ1) is 11.2. The van der Waals surface area contributed by atoms with Crippen LogP contribution in [0.4, 0.5) is 0 Å². The van der Waals surface area contributed by atoms with Crippen molar-refractivity contribution in [3.8, 4) is 11.5 Å². The molecular weight excluding hydrogens is 304 g/mol. The summed E-state index contributed by atoms with van der Waals surface area (Å²) >= 11 is 0. The third-order valence-corrected chi connectivity index (χ3v) is 3.63. The Morgan fingerprint density at radius 1 is 1.33 bits per heavy atom. The van der Waals surface area contributed by atoms with Crippen LogP contribution in [0.2, 0.25) is 0 Å². The zero-order valence-corrected chi connectivity index (χ0v) is 15.3. The van der Waals surface area contributed by atoms with E-state index in [0.29, 0.717) is 11.8 Å². The highest BCUT2D eigenvalue weighted by atomic mass is 16.4. The number of nitrogens with zero attached hydrogens (tertiary/aromatic N) is 3. The molecule has 0 aliphatic carbocycles. The Hall–Kier alpha value is -2.21. The molecule has 0 aliphatic heterocycles. The topological polar surface area (TPSA) is 71.3 Å². The summed E-state index contributed by atoms with van der Waals surface area (Å²) in [5, 5.41) is 11.2. The smallest absolute Gasteiger partial charge is 0.247 e. The van der Waals surface area contributed by atoms with Gasteiger partial charge in [-0.25, -0.2) is 0 Å². The maximum atomic E-state index is 12.0. The molecule has 1 N–H and O–H groups in total.